The number of pyridine rings is 1. The van der Waals surface area contributed by atoms with Gasteiger partial charge in [-0.1, -0.05) is 35.9 Å². The molecular formula is C22H15NO4. The number of nitrogens with zero attached hydrogens (tertiary/aromatic N) is 1. The van der Waals surface area contributed by atoms with Crippen molar-refractivity contribution in [2.24, 2.45) is 0 Å². The molecule has 0 aliphatic rings. The van der Waals surface area contributed by atoms with Gasteiger partial charge in [-0.15, -0.1) is 0 Å². The van der Waals surface area contributed by atoms with Gasteiger partial charge in [0.25, 0.3) is 0 Å². The molecule has 0 atom stereocenters. The van der Waals surface area contributed by atoms with E-state index in [0.29, 0.717) is 28.6 Å². The zero-order chi connectivity index (χ0) is 19.0. The number of hydrogen-bond acceptors (Lipinski definition) is 4. The van der Waals surface area contributed by atoms with E-state index in [2.05, 4.69) is 4.98 Å². The normalized spacial score (nSPS) is 10.9. The molecule has 5 heteroatoms. The SMILES string of the molecule is Cc1ccc2nc(-c3ccc(-c4ccc(C=O)o4)cc3)cc(C(=O)O)c2c1. The standard InChI is InChI=1S/C22H15NO4/c1-13-2-8-19-17(10-13)18(22(25)26)11-20(23-19)14-3-5-15(6-4-14)21-9-7-16(12-24)27-21/h2-12H,1H3,(H,25,26). The fraction of sp³-hybridized carbons (Fsp3) is 0.0455. The van der Waals surface area contributed by atoms with Gasteiger partial charge in [-0.3, -0.25) is 4.79 Å². The molecule has 0 unspecified atom stereocenters. The highest BCUT2D eigenvalue weighted by Crippen LogP contribution is 2.28. The quantitative estimate of drug-likeness (QED) is 0.521. The lowest BCUT2D eigenvalue weighted by molar-refractivity contribution is 0.0699. The van der Waals surface area contributed by atoms with Crippen LogP contribution in [0.1, 0.15) is 26.5 Å². The summed E-state index contributed by atoms with van der Waals surface area (Å²) in [5, 5.41) is 10.2. The van der Waals surface area contributed by atoms with E-state index in [4.69, 9.17) is 4.42 Å². The zero-order valence-electron chi connectivity index (χ0n) is 14.5. The van der Waals surface area contributed by atoms with Crippen LogP contribution in [0.15, 0.2) is 65.1 Å². The molecule has 0 aliphatic heterocycles. The molecule has 27 heavy (non-hydrogen) atoms. The number of rotatable bonds is 4. The lowest BCUT2D eigenvalue weighted by Crippen LogP contribution is -2.00. The Kier molecular flexibility index (Phi) is 4.05. The molecule has 0 aliphatic carbocycles. The second-order valence-corrected chi connectivity index (χ2v) is 6.28. The molecule has 0 radical (unpaired) electrons. The van der Waals surface area contributed by atoms with Crippen LogP contribution in [0.5, 0.6) is 0 Å². The number of carboxylic acids is 1. The van der Waals surface area contributed by atoms with Crippen LogP contribution in [-0.2, 0) is 0 Å². The van der Waals surface area contributed by atoms with E-state index in [1.165, 1.54) is 0 Å². The minimum atomic E-state index is -0.983. The number of carbonyl (C=O) groups is 2. The highest BCUT2D eigenvalue weighted by molar-refractivity contribution is 6.04. The smallest absolute Gasteiger partial charge is 0.336 e. The molecule has 0 saturated heterocycles. The number of hydrogen-bond donors (Lipinski definition) is 1. The van der Waals surface area contributed by atoms with E-state index in [-0.39, 0.29) is 11.3 Å². The van der Waals surface area contributed by atoms with Gasteiger partial charge in [-0.2, -0.15) is 0 Å². The monoisotopic (exact) mass is 357 g/mol. The van der Waals surface area contributed by atoms with Gasteiger partial charge in [-0.25, -0.2) is 9.78 Å². The number of furan rings is 1. The number of aromatic nitrogens is 1. The average Bonchev–Trinajstić information content (AvgIpc) is 3.16. The Morgan fingerprint density at radius 2 is 1.74 bits per heavy atom. The number of benzene rings is 2. The third kappa shape index (κ3) is 3.11. The van der Waals surface area contributed by atoms with Crippen molar-refractivity contribution in [3.63, 3.8) is 0 Å². The maximum Gasteiger partial charge on any atom is 0.336 e. The van der Waals surface area contributed by atoms with Crippen LogP contribution >= 0.6 is 0 Å². The van der Waals surface area contributed by atoms with Crippen LogP contribution < -0.4 is 0 Å². The predicted octanol–water partition coefficient (Wildman–Crippen LogP) is 4.98. The molecule has 1 N–H and O–H groups in total. The number of carboxylic acid groups (broad SMARTS) is 1. The Balaban J connectivity index is 1.78. The average molecular weight is 357 g/mol. The van der Waals surface area contributed by atoms with Crippen LogP contribution in [0.4, 0.5) is 0 Å². The van der Waals surface area contributed by atoms with Gasteiger partial charge in [0.2, 0.25) is 0 Å². The van der Waals surface area contributed by atoms with E-state index in [9.17, 15) is 14.7 Å². The molecule has 0 amide bonds. The van der Waals surface area contributed by atoms with Gasteiger partial charge in [0.1, 0.15) is 5.76 Å². The topological polar surface area (TPSA) is 80.4 Å². The molecule has 4 rings (SSSR count). The Hall–Kier alpha value is -3.73. The minimum absolute atomic E-state index is 0.226. The summed E-state index contributed by atoms with van der Waals surface area (Å²) in [5.74, 6) is -0.119. The minimum Gasteiger partial charge on any atom is -0.478 e. The Bertz CT molecular complexity index is 1170. The van der Waals surface area contributed by atoms with Crippen molar-refractivity contribution in [3.05, 3.63) is 77.6 Å². The van der Waals surface area contributed by atoms with E-state index >= 15 is 0 Å². The summed E-state index contributed by atoms with van der Waals surface area (Å²) in [6.07, 6.45) is 0.659. The summed E-state index contributed by atoms with van der Waals surface area (Å²) in [6.45, 7) is 1.92. The second kappa shape index (κ2) is 6.53. The maximum absolute atomic E-state index is 11.7. The first-order valence-corrected chi connectivity index (χ1v) is 8.36. The first-order valence-electron chi connectivity index (χ1n) is 8.36. The van der Waals surface area contributed by atoms with Gasteiger partial charge in [0, 0.05) is 16.5 Å². The van der Waals surface area contributed by atoms with Crippen LogP contribution in [-0.4, -0.2) is 22.3 Å². The molecule has 2 aromatic carbocycles. The molecule has 132 valence electrons. The number of aromatic carboxylic acids is 1. The molecule has 4 aromatic rings. The molecule has 0 fully saturated rings. The molecule has 5 nitrogen and oxygen atoms in total. The molecular weight excluding hydrogens is 342 g/mol. The first kappa shape index (κ1) is 16.7. The van der Waals surface area contributed by atoms with Gasteiger partial charge < -0.3 is 9.52 Å². The van der Waals surface area contributed by atoms with Gasteiger partial charge in [0.05, 0.1) is 16.8 Å². The van der Waals surface area contributed by atoms with Gasteiger partial charge in [-0.05, 0) is 37.3 Å². The number of carbonyl (C=O) groups excluding carboxylic acids is 1. The molecule has 0 bridgehead atoms. The highest BCUT2D eigenvalue weighted by Gasteiger charge is 2.13. The zero-order valence-corrected chi connectivity index (χ0v) is 14.5. The van der Waals surface area contributed by atoms with Crippen molar-refractivity contribution in [1.82, 2.24) is 4.98 Å². The van der Waals surface area contributed by atoms with Gasteiger partial charge in [0.15, 0.2) is 12.0 Å². The van der Waals surface area contributed by atoms with Crippen LogP contribution in [0.3, 0.4) is 0 Å². The largest absolute Gasteiger partial charge is 0.478 e. The van der Waals surface area contributed by atoms with Crippen LogP contribution in [0.2, 0.25) is 0 Å². The highest BCUT2D eigenvalue weighted by atomic mass is 16.4. The summed E-state index contributed by atoms with van der Waals surface area (Å²) >= 11 is 0. The Morgan fingerprint density at radius 1 is 1.00 bits per heavy atom. The Labute approximate surface area is 154 Å². The van der Waals surface area contributed by atoms with Crippen molar-refractivity contribution >= 4 is 23.2 Å². The van der Waals surface area contributed by atoms with Crippen LogP contribution in [0.25, 0.3) is 33.5 Å². The molecule has 0 spiro atoms. The molecule has 2 heterocycles. The number of aldehydes is 1. The predicted molar refractivity (Wildman–Crippen MR) is 102 cm³/mol. The fourth-order valence-electron chi connectivity index (χ4n) is 3.04. The number of fused-ring (bicyclic) bond motifs is 1. The molecule has 2 aromatic heterocycles. The third-order valence-electron chi connectivity index (χ3n) is 4.40. The van der Waals surface area contributed by atoms with Crippen LogP contribution in [0, 0.1) is 6.92 Å². The summed E-state index contributed by atoms with van der Waals surface area (Å²) in [5.41, 5.74) is 4.05. The second-order valence-electron chi connectivity index (χ2n) is 6.28. The van der Waals surface area contributed by atoms with Gasteiger partial charge >= 0.3 is 5.97 Å². The lowest BCUT2D eigenvalue weighted by Gasteiger charge is -2.08. The van der Waals surface area contributed by atoms with E-state index < -0.39 is 5.97 Å². The van der Waals surface area contributed by atoms with E-state index in [0.717, 1.165) is 16.7 Å². The summed E-state index contributed by atoms with van der Waals surface area (Å²) in [4.78, 5) is 27.1. The lowest BCUT2D eigenvalue weighted by atomic mass is 10.0. The van der Waals surface area contributed by atoms with Crippen molar-refractivity contribution in [1.29, 1.82) is 0 Å². The fourth-order valence-corrected chi connectivity index (χ4v) is 3.04. The van der Waals surface area contributed by atoms with Crippen molar-refractivity contribution < 1.29 is 19.1 Å². The van der Waals surface area contributed by atoms with Crippen molar-refractivity contribution in [3.8, 4) is 22.6 Å². The third-order valence-corrected chi connectivity index (χ3v) is 4.40. The van der Waals surface area contributed by atoms with E-state index in [1.807, 2.05) is 49.4 Å². The summed E-state index contributed by atoms with van der Waals surface area (Å²) in [7, 11) is 0. The van der Waals surface area contributed by atoms with E-state index in [1.54, 1.807) is 18.2 Å². The Morgan fingerprint density at radius 3 is 2.41 bits per heavy atom. The molecule has 0 saturated carbocycles. The summed E-state index contributed by atoms with van der Waals surface area (Å²) in [6, 6.07) is 17.9. The maximum atomic E-state index is 11.7. The van der Waals surface area contributed by atoms with Crippen molar-refractivity contribution in [2.45, 2.75) is 6.92 Å². The van der Waals surface area contributed by atoms with Crippen molar-refractivity contribution in [2.75, 3.05) is 0 Å². The first-order chi connectivity index (χ1) is 13.0. The summed E-state index contributed by atoms with van der Waals surface area (Å²) < 4.78 is 5.42. The number of aryl methyl sites for hydroxylation is 1.